The highest BCUT2D eigenvalue weighted by Gasteiger charge is 2.30. The molecule has 0 radical (unpaired) electrons. The van der Waals surface area contributed by atoms with Crippen LogP contribution in [0.4, 0.5) is 28.9 Å². The van der Waals surface area contributed by atoms with Crippen molar-refractivity contribution in [1.82, 2.24) is 19.8 Å². The summed E-state index contributed by atoms with van der Waals surface area (Å²) >= 11 is 0. The summed E-state index contributed by atoms with van der Waals surface area (Å²) in [5.41, 5.74) is 1.95. The van der Waals surface area contributed by atoms with Crippen LogP contribution >= 0.6 is 0 Å². The zero-order valence-electron chi connectivity index (χ0n) is 41.3. The predicted molar refractivity (Wildman–Crippen MR) is 269 cm³/mol. The molecule has 72 heavy (non-hydrogen) atoms. The highest BCUT2D eigenvalue weighted by molar-refractivity contribution is 6.45. The van der Waals surface area contributed by atoms with E-state index in [4.69, 9.17) is 11.7 Å². The number of anilines is 2. The third kappa shape index (κ3) is 15.4. The van der Waals surface area contributed by atoms with Gasteiger partial charge < -0.3 is 42.1 Å². The smallest absolute Gasteiger partial charge is 0.292 e. The summed E-state index contributed by atoms with van der Waals surface area (Å²) in [5, 5.41) is 17.3. The van der Waals surface area contributed by atoms with Crippen molar-refractivity contribution in [3.8, 4) is 0 Å². The monoisotopic (exact) mass is 1000 g/mol. The lowest BCUT2D eigenvalue weighted by atomic mass is 10.0. The molecule has 0 saturated carbocycles. The number of hydrogen-bond acceptors (Lipinski definition) is 12. The number of carbonyl (C=O) groups is 6. The first-order valence-corrected chi connectivity index (χ1v) is 23.3. The second kappa shape index (κ2) is 27.6. The normalized spacial score (nSPS) is 11.9. The summed E-state index contributed by atoms with van der Waals surface area (Å²) in [6, 6.07) is 5.83. The van der Waals surface area contributed by atoms with Gasteiger partial charge >= 0.3 is 0 Å². The Morgan fingerprint density at radius 2 is 0.861 bits per heavy atom. The van der Waals surface area contributed by atoms with Crippen LogP contribution < -0.4 is 33.0 Å². The summed E-state index contributed by atoms with van der Waals surface area (Å²) in [4.78, 5) is 86.9. The summed E-state index contributed by atoms with van der Waals surface area (Å²) in [6.07, 6.45) is 13.1. The van der Waals surface area contributed by atoms with E-state index in [1.54, 1.807) is 27.9 Å². The van der Waals surface area contributed by atoms with Crippen LogP contribution in [0.1, 0.15) is 128 Å². The van der Waals surface area contributed by atoms with Gasteiger partial charge in [-0.15, -0.1) is 0 Å². The summed E-state index contributed by atoms with van der Waals surface area (Å²) in [7, 11) is 3.09. The van der Waals surface area contributed by atoms with E-state index in [1.807, 2.05) is 0 Å². The maximum Gasteiger partial charge on any atom is 0.292 e. The second-order valence-electron chi connectivity index (χ2n) is 17.0. The Morgan fingerprint density at radius 1 is 0.528 bits per heavy atom. The molecule has 386 valence electrons. The van der Waals surface area contributed by atoms with Crippen molar-refractivity contribution in [2.75, 3.05) is 36.8 Å². The van der Waals surface area contributed by atoms with Gasteiger partial charge in [0.15, 0.2) is 23.3 Å². The molecule has 2 aromatic heterocycles. The number of unbranched alkanes of at least 4 members (excludes halogenated alkanes) is 9. The fraction of sp³-hybridized carbons (Fsp3) is 0.400. The molecule has 0 aliphatic rings. The van der Waals surface area contributed by atoms with Crippen molar-refractivity contribution in [2.45, 2.75) is 91.9 Å². The first-order chi connectivity index (χ1) is 34.3. The van der Waals surface area contributed by atoms with Crippen LogP contribution in [0.5, 0.6) is 0 Å². The predicted octanol–water partition coefficient (Wildman–Crippen LogP) is 6.63. The fourth-order valence-electron chi connectivity index (χ4n) is 7.94. The van der Waals surface area contributed by atoms with Crippen LogP contribution in [0.2, 0.25) is 0 Å². The quantitative estimate of drug-likeness (QED) is 0.00717. The number of nitrogens with two attached hydrogens (primary N) is 2. The SMILES string of the molecule is Cc1c(C(=O)C(=O)NCC(C=NCCCCCCCCCCCCN=CC(CNC(=O)C(=O)c2c(C)c(C(=O)Nc3ccc(F)c(F)c3)n(C)c2C)=NN)=NN)c(C)n(C)c1C(=O)Nc1ccc(F)c(F)c1. The molecule has 0 atom stereocenters. The number of hydrogen-bond donors (Lipinski definition) is 6. The zero-order valence-corrected chi connectivity index (χ0v) is 41.3. The fourth-order valence-corrected chi connectivity index (χ4v) is 7.94. The second-order valence-corrected chi connectivity index (χ2v) is 17.0. The van der Waals surface area contributed by atoms with Gasteiger partial charge in [-0.25, -0.2) is 17.6 Å². The minimum Gasteiger partial charge on any atom is -0.343 e. The third-order valence-electron chi connectivity index (χ3n) is 12.0. The van der Waals surface area contributed by atoms with E-state index in [2.05, 4.69) is 41.5 Å². The summed E-state index contributed by atoms with van der Waals surface area (Å²) in [6.45, 7) is 6.96. The van der Waals surface area contributed by atoms with Crippen LogP contribution in [0.15, 0.2) is 56.6 Å². The van der Waals surface area contributed by atoms with Gasteiger partial charge in [0.25, 0.3) is 35.2 Å². The summed E-state index contributed by atoms with van der Waals surface area (Å²) < 4.78 is 56.9. The Labute approximate surface area is 414 Å². The van der Waals surface area contributed by atoms with Gasteiger partial charge in [0.1, 0.15) is 11.4 Å². The number of Topliss-reactive ketones (excluding diaryl/α,β-unsaturated/α-hetero) is 2. The zero-order chi connectivity index (χ0) is 53.1. The average Bonchev–Trinajstić information content (AvgIpc) is 3.72. The van der Waals surface area contributed by atoms with Crippen molar-refractivity contribution < 1.29 is 46.3 Å². The molecule has 0 bridgehead atoms. The van der Waals surface area contributed by atoms with Gasteiger partial charge in [-0.2, -0.15) is 10.2 Å². The Kier molecular flexibility index (Phi) is 21.8. The molecule has 8 N–H and O–H groups in total. The van der Waals surface area contributed by atoms with E-state index in [0.717, 1.165) is 88.5 Å². The standard InChI is InChI=1S/C50H62F4N12O6/c1-29-41(31(3)65(5)43(29)47(69)61-33-17-19-37(51)39(53)23-33)45(67)49(71)59-27-35(63-55)25-57-21-15-13-11-9-7-8-10-12-14-16-22-58-26-36(64-56)28-60-50(72)46(68)42-30(2)44(66(6)32(42)4)48(70)62-34-18-20-38(52)40(54)24-34/h17-20,23-26H,7-16,21-22,27-28,55-56H2,1-6H3,(H,59,71)(H,60,72)(H,61,69)(H,62,70). The van der Waals surface area contributed by atoms with Crippen molar-refractivity contribution in [3.05, 3.63) is 105 Å². The van der Waals surface area contributed by atoms with E-state index < -0.39 is 58.5 Å². The number of halogens is 4. The molecular weight excluding hydrogens is 941 g/mol. The van der Waals surface area contributed by atoms with Gasteiger partial charge in [-0.3, -0.25) is 38.8 Å². The Morgan fingerprint density at radius 3 is 1.18 bits per heavy atom. The summed E-state index contributed by atoms with van der Waals surface area (Å²) in [5.74, 6) is 1.64. The molecule has 0 fully saturated rings. The molecular formula is C50H62F4N12O6. The van der Waals surface area contributed by atoms with Gasteiger partial charge in [-0.05, 0) is 75.9 Å². The van der Waals surface area contributed by atoms with Crippen LogP contribution in [-0.2, 0) is 23.7 Å². The molecule has 2 aromatic carbocycles. The molecule has 4 amide bonds. The highest BCUT2D eigenvalue weighted by atomic mass is 19.2. The number of carbonyl (C=O) groups excluding carboxylic acids is 6. The van der Waals surface area contributed by atoms with Crippen molar-refractivity contribution >= 4 is 70.4 Å². The number of nitrogens with one attached hydrogen (secondary N) is 4. The molecule has 2 heterocycles. The van der Waals surface area contributed by atoms with Crippen molar-refractivity contribution in [2.24, 2.45) is 46.0 Å². The Bertz CT molecular complexity index is 2590. The third-order valence-corrected chi connectivity index (χ3v) is 12.0. The maximum atomic E-state index is 13.7. The number of ketones is 2. The van der Waals surface area contributed by atoms with Gasteiger partial charge in [0.2, 0.25) is 0 Å². The Hall–Kier alpha value is -7.78. The molecule has 0 saturated heterocycles. The molecule has 4 rings (SSSR count). The molecule has 0 spiro atoms. The van der Waals surface area contributed by atoms with E-state index in [9.17, 15) is 46.3 Å². The molecule has 0 aliphatic heterocycles. The number of aromatic nitrogens is 2. The minimum atomic E-state index is -1.13. The molecule has 0 aliphatic carbocycles. The Balaban J connectivity index is 1.05. The number of aliphatic imine (C=N–C) groups is 2. The largest absolute Gasteiger partial charge is 0.343 e. The van der Waals surface area contributed by atoms with E-state index in [1.165, 1.54) is 47.5 Å². The lowest BCUT2D eigenvalue weighted by Gasteiger charge is -2.08. The van der Waals surface area contributed by atoms with Crippen LogP contribution in [0, 0.1) is 51.0 Å². The molecule has 4 aromatic rings. The van der Waals surface area contributed by atoms with Crippen molar-refractivity contribution in [3.63, 3.8) is 0 Å². The van der Waals surface area contributed by atoms with Crippen LogP contribution in [-0.4, -0.2) is 94.4 Å². The minimum absolute atomic E-state index is 0.0172. The highest BCUT2D eigenvalue weighted by Crippen LogP contribution is 2.25. The van der Waals surface area contributed by atoms with E-state index in [-0.39, 0.29) is 69.5 Å². The van der Waals surface area contributed by atoms with Crippen LogP contribution in [0.3, 0.4) is 0 Å². The lowest BCUT2D eigenvalue weighted by molar-refractivity contribution is -0.117. The number of rotatable bonds is 27. The van der Waals surface area contributed by atoms with Crippen molar-refractivity contribution in [1.29, 1.82) is 0 Å². The lowest BCUT2D eigenvalue weighted by Crippen LogP contribution is -2.36. The molecule has 0 unspecified atom stereocenters. The number of amides is 4. The average molecular weight is 1000 g/mol. The molecule has 22 heteroatoms. The van der Waals surface area contributed by atoms with E-state index in [0.29, 0.717) is 24.5 Å². The number of hydrazone groups is 2. The number of nitrogens with zero attached hydrogens (tertiary/aromatic N) is 6. The first-order valence-electron chi connectivity index (χ1n) is 23.3. The first kappa shape index (κ1) is 56.8. The van der Waals surface area contributed by atoms with Gasteiger partial charge in [0, 0.05) is 74.5 Å². The van der Waals surface area contributed by atoms with Gasteiger partial charge in [-0.1, -0.05) is 51.4 Å². The molecule has 18 nitrogen and oxygen atoms in total. The topological polar surface area (TPSA) is 262 Å². The van der Waals surface area contributed by atoms with Crippen LogP contribution in [0.25, 0.3) is 0 Å². The van der Waals surface area contributed by atoms with E-state index >= 15 is 0 Å². The number of benzene rings is 2. The van der Waals surface area contributed by atoms with Gasteiger partial charge in [0.05, 0.1) is 35.6 Å². The maximum absolute atomic E-state index is 13.7.